The van der Waals surface area contributed by atoms with Crippen LogP contribution in [0.4, 0.5) is 0 Å². The fourth-order valence-corrected chi connectivity index (χ4v) is 0.219. The molecule has 0 amide bonds. The molecule has 0 saturated carbocycles. The van der Waals surface area contributed by atoms with Crippen LogP contribution in [0.25, 0.3) is 0 Å². The first-order chi connectivity index (χ1) is 3.00. The molecule has 1 rings (SSSR count). The maximum absolute atomic E-state index is 4.58. The Hall–Kier alpha value is -0.426. The van der Waals surface area contributed by atoms with Gasteiger partial charge in [0.1, 0.15) is 25.0 Å². The van der Waals surface area contributed by atoms with Crippen LogP contribution in [0.1, 0.15) is 0 Å². The molecule has 2 nitrogen and oxygen atoms in total. The molecule has 42 valence electrons. The molecule has 0 saturated heterocycles. The molecule has 0 fully saturated rings. The second kappa shape index (κ2) is 3.75. The third kappa shape index (κ3) is 2.29. The van der Waals surface area contributed by atoms with E-state index >= 15 is 0 Å². The number of ether oxygens (including phenoxy) is 2. The summed E-state index contributed by atoms with van der Waals surface area (Å²) in [6.45, 7) is 0. The van der Waals surface area contributed by atoms with Crippen LogP contribution in [0.5, 0.6) is 0 Å². The van der Waals surface area contributed by atoms with Crippen molar-refractivity contribution in [3.05, 3.63) is 25.0 Å². The van der Waals surface area contributed by atoms with E-state index in [1.807, 2.05) is 0 Å². The van der Waals surface area contributed by atoms with Gasteiger partial charge in [0.05, 0.1) is 0 Å². The zero-order chi connectivity index (χ0) is 4.24. The molecule has 0 aromatic carbocycles. The fourth-order valence-electron chi connectivity index (χ4n) is 0.219. The minimum atomic E-state index is 0. The predicted molar refractivity (Wildman–Crippen MR) is 20.4 cm³/mol. The van der Waals surface area contributed by atoms with E-state index in [2.05, 4.69) is 9.47 Å². The molecule has 0 unspecified atom stereocenters. The summed E-state index contributed by atoms with van der Waals surface area (Å²) in [4.78, 5) is 0. The van der Waals surface area contributed by atoms with Crippen LogP contribution >= 0.6 is 0 Å². The fraction of sp³-hybridized carbons (Fsp3) is 0. The summed E-state index contributed by atoms with van der Waals surface area (Å²) in [6, 6.07) is 0. The van der Waals surface area contributed by atoms with Crippen LogP contribution in [0, 0.1) is 0 Å². The van der Waals surface area contributed by atoms with Crippen molar-refractivity contribution in [3.8, 4) is 0 Å². The molecule has 0 radical (unpaired) electrons. The molecule has 0 atom stereocenters. The van der Waals surface area contributed by atoms with E-state index in [0.717, 1.165) is 0 Å². The van der Waals surface area contributed by atoms with Gasteiger partial charge in [-0.2, -0.15) is 0 Å². The van der Waals surface area contributed by atoms with E-state index in [9.17, 15) is 0 Å². The zero-order valence-electron chi connectivity index (χ0n) is 3.44. The molecular weight excluding hydrogens is 139 g/mol. The Morgan fingerprint density at radius 3 is 1.14 bits per heavy atom. The normalized spacial score (nSPS) is 13.7. The van der Waals surface area contributed by atoms with Crippen LogP contribution in [0.15, 0.2) is 25.0 Å². The van der Waals surface area contributed by atoms with Crippen molar-refractivity contribution < 1.29 is 26.0 Å². The molecule has 3 heteroatoms. The SMILES string of the molecule is C1=COC=CO1.[Ni]. The average molecular weight is 143 g/mol. The van der Waals surface area contributed by atoms with Gasteiger partial charge in [-0.05, 0) is 0 Å². The Bertz CT molecular complexity index is 67.7. The summed E-state index contributed by atoms with van der Waals surface area (Å²) in [7, 11) is 0. The smallest absolute Gasteiger partial charge is 0.125 e. The molecule has 0 aliphatic carbocycles. The summed E-state index contributed by atoms with van der Waals surface area (Å²) >= 11 is 0. The van der Waals surface area contributed by atoms with Crippen LogP contribution in [-0.2, 0) is 26.0 Å². The van der Waals surface area contributed by atoms with Crippen molar-refractivity contribution in [1.82, 2.24) is 0 Å². The number of hydrogen-bond donors (Lipinski definition) is 0. The summed E-state index contributed by atoms with van der Waals surface area (Å²) in [5, 5.41) is 0. The Balaban J connectivity index is 0.000000360. The van der Waals surface area contributed by atoms with Gasteiger partial charge in [0, 0.05) is 16.5 Å². The molecule has 0 bridgehead atoms. The van der Waals surface area contributed by atoms with Crippen molar-refractivity contribution in [2.24, 2.45) is 0 Å². The first-order valence-corrected chi connectivity index (χ1v) is 1.61. The van der Waals surface area contributed by atoms with Crippen LogP contribution in [0.3, 0.4) is 0 Å². The quantitative estimate of drug-likeness (QED) is 0.470. The van der Waals surface area contributed by atoms with E-state index in [1.165, 1.54) is 25.0 Å². The number of rotatable bonds is 0. The second-order valence-corrected chi connectivity index (χ2v) is 0.816. The maximum Gasteiger partial charge on any atom is 0.125 e. The van der Waals surface area contributed by atoms with Crippen molar-refractivity contribution >= 4 is 0 Å². The summed E-state index contributed by atoms with van der Waals surface area (Å²) in [6.07, 6.45) is 5.83. The summed E-state index contributed by atoms with van der Waals surface area (Å²) in [5.74, 6) is 0. The predicted octanol–water partition coefficient (Wildman–Crippen LogP) is 0.973. The summed E-state index contributed by atoms with van der Waals surface area (Å²) in [5.41, 5.74) is 0. The van der Waals surface area contributed by atoms with Gasteiger partial charge in [0.25, 0.3) is 0 Å². The van der Waals surface area contributed by atoms with Gasteiger partial charge >= 0.3 is 0 Å². The second-order valence-electron chi connectivity index (χ2n) is 0.816. The monoisotopic (exact) mass is 142 g/mol. The molecule has 0 aromatic rings. The molecule has 1 aliphatic rings. The molecule has 0 spiro atoms. The first kappa shape index (κ1) is 6.57. The van der Waals surface area contributed by atoms with Gasteiger partial charge in [-0.1, -0.05) is 0 Å². The maximum atomic E-state index is 4.58. The summed E-state index contributed by atoms with van der Waals surface area (Å²) < 4.78 is 9.17. The third-order valence-corrected chi connectivity index (χ3v) is 0.425. The van der Waals surface area contributed by atoms with E-state index in [1.54, 1.807) is 0 Å². The number of hydrogen-bond acceptors (Lipinski definition) is 2. The van der Waals surface area contributed by atoms with Crippen LogP contribution < -0.4 is 0 Å². The topological polar surface area (TPSA) is 18.5 Å². The Morgan fingerprint density at radius 2 is 1.00 bits per heavy atom. The van der Waals surface area contributed by atoms with Gasteiger partial charge in [-0.25, -0.2) is 0 Å². The van der Waals surface area contributed by atoms with E-state index < -0.39 is 0 Å². The zero-order valence-corrected chi connectivity index (χ0v) is 4.43. The van der Waals surface area contributed by atoms with Crippen molar-refractivity contribution in [2.45, 2.75) is 0 Å². The largest absolute Gasteiger partial charge is 0.466 e. The Labute approximate surface area is 51.7 Å². The van der Waals surface area contributed by atoms with Gasteiger partial charge in [0.15, 0.2) is 0 Å². The van der Waals surface area contributed by atoms with E-state index in [0.29, 0.717) is 0 Å². The van der Waals surface area contributed by atoms with Gasteiger partial charge in [-0.15, -0.1) is 0 Å². The van der Waals surface area contributed by atoms with Crippen LogP contribution in [0.2, 0.25) is 0 Å². The molecule has 7 heavy (non-hydrogen) atoms. The van der Waals surface area contributed by atoms with Crippen molar-refractivity contribution in [1.29, 1.82) is 0 Å². The van der Waals surface area contributed by atoms with E-state index in [4.69, 9.17) is 0 Å². The van der Waals surface area contributed by atoms with E-state index in [-0.39, 0.29) is 16.5 Å². The minimum absolute atomic E-state index is 0. The molecule has 0 N–H and O–H groups in total. The Morgan fingerprint density at radius 1 is 0.714 bits per heavy atom. The molecular formula is C4H4NiO2. The average Bonchev–Trinajstić information content (AvgIpc) is 1.72. The van der Waals surface area contributed by atoms with Crippen LogP contribution in [-0.4, -0.2) is 0 Å². The molecule has 1 aliphatic heterocycles. The first-order valence-electron chi connectivity index (χ1n) is 1.61. The van der Waals surface area contributed by atoms with Gasteiger partial charge in [0.2, 0.25) is 0 Å². The molecule has 0 aromatic heterocycles. The Kier molecular flexibility index (Phi) is 3.52. The van der Waals surface area contributed by atoms with Crippen molar-refractivity contribution in [2.75, 3.05) is 0 Å². The standard InChI is InChI=1S/C4H4O2.Ni/c1-2-6-4-3-5-1;/h1-4H;. The molecule has 1 heterocycles. The van der Waals surface area contributed by atoms with Gasteiger partial charge < -0.3 is 9.47 Å². The van der Waals surface area contributed by atoms with Gasteiger partial charge in [-0.3, -0.25) is 0 Å². The minimum Gasteiger partial charge on any atom is -0.466 e. The third-order valence-electron chi connectivity index (χ3n) is 0.425. The van der Waals surface area contributed by atoms with Crippen molar-refractivity contribution in [3.63, 3.8) is 0 Å².